The van der Waals surface area contributed by atoms with Crippen molar-refractivity contribution in [2.45, 2.75) is 16.8 Å². The van der Waals surface area contributed by atoms with Gasteiger partial charge in [0.05, 0.1) is 18.2 Å². The van der Waals surface area contributed by atoms with E-state index in [4.69, 9.17) is 9.84 Å². The third kappa shape index (κ3) is 3.41. The van der Waals surface area contributed by atoms with E-state index in [1.807, 2.05) is 0 Å². The zero-order valence-corrected chi connectivity index (χ0v) is 12.3. The van der Waals surface area contributed by atoms with E-state index >= 15 is 0 Å². The molecule has 0 atom stereocenters. The number of aromatic nitrogens is 1. The lowest BCUT2D eigenvalue weighted by Gasteiger charge is -2.08. The summed E-state index contributed by atoms with van der Waals surface area (Å²) >= 11 is 1.22. The molecule has 0 aliphatic carbocycles. The Morgan fingerprint density at radius 1 is 1.24 bits per heavy atom. The number of carboxylic acids is 1. The van der Waals surface area contributed by atoms with Crippen molar-refractivity contribution in [1.29, 1.82) is 0 Å². The predicted octanol–water partition coefficient (Wildman–Crippen LogP) is 3.03. The van der Waals surface area contributed by atoms with E-state index in [0.717, 1.165) is 0 Å². The SMILES string of the molecule is COC(=O)c1cccnc1Sc1ccc(C)c(C(=O)O)c1. The number of hydrogen-bond acceptors (Lipinski definition) is 5. The fourth-order valence-corrected chi connectivity index (χ4v) is 2.66. The highest BCUT2D eigenvalue weighted by Crippen LogP contribution is 2.30. The summed E-state index contributed by atoms with van der Waals surface area (Å²) in [4.78, 5) is 27.7. The Bertz CT molecular complexity index is 700. The van der Waals surface area contributed by atoms with Gasteiger partial charge in [-0.15, -0.1) is 0 Å². The first kappa shape index (κ1) is 15.1. The minimum atomic E-state index is -0.982. The van der Waals surface area contributed by atoms with Crippen molar-refractivity contribution in [3.63, 3.8) is 0 Å². The van der Waals surface area contributed by atoms with Gasteiger partial charge in [-0.2, -0.15) is 0 Å². The maximum atomic E-state index is 11.7. The molecular formula is C15H13NO4S. The van der Waals surface area contributed by atoms with Gasteiger partial charge in [0.2, 0.25) is 0 Å². The number of carbonyl (C=O) groups excluding carboxylic acids is 1. The zero-order chi connectivity index (χ0) is 15.4. The standard InChI is InChI=1S/C15H13NO4S/c1-9-5-6-10(8-12(9)14(17)18)21-13-11(15(19)20-2)4-3-7-16-13/h3-8H,1-2H3,(H,17,18). The maximum absolute atomic E-state index is 11.7. The van der Waals surface area contributed by atoms with Crippen LogP contribution in [0.4, 0.5) is 0 Å². The number of nitrogens with zero attached hydrogens (tertiary/aromatic N) is 1. The molecule has 1 aromatic heterocycles. The van der Waals surface area contributed by atoms with Crippen molar-refractivity contribution < 1.29 is 19.4 Å². The van der Waals surface area contributed by atoms with Gasteiger partial charge in [0, 0.05) is 11.1 Å². The first-order chi connectivity index (χ1) is 10.0. The lowest BCUT2D eigenvalue weighted by Crippen LogP contribution is -2.04. The molecule has 0 aliphatic heterocycles. The Labute approximate surface area is 126 Å². The molecule has 0 spiro atoms. The summed E-state index contributed by atoms with van der Waals surface area (Å²) in [6, 6.07) is 8.36. The lowest BCUT2D eigenvalue weighted by molar-refractivity contribution is 0.0595. The van der Waals surface area contributed by atoms with Gasteiger partial charge in [0.1, 0.15) is 5.03 Å². The Balaban J connectivity index is 2.37. The summed E-state index contributed by atoms with van der Waals surface area (Å²) in [5.74, 6) is -1.46. The molecule has 0 fully saturated rings. The molecule has 21 heavy (non-hydrogen) atoms. The molecule has 1 heterocycles. The predicted molar refractivity (Wildman–Crippen MR) is 77.8 cm³/mol. The summed E-state index contributed by atoms with van der Waals surface area (Å²) in [5.41, 5.74) is 1.26. The van der Waals surface area contributed by atoms with Crippen LogP contribution in [0.3, 0.4) is 0 Å². The first-order valence-electron chi connectivity index (χ1n) is 6.08. The van der Waals surface area contributed by atoms with E-state index < -0.39 is 11.9 Å². The summed E-state index contributed by atoms with van der Waals surface area (Å²) in [7, 11) is 1.30. The summed E-state index contributed by atoms with van der Waals surface area (Å²) in [6.07, 6.45) is 1.57. The second-order valence-corrected chi connectivity index (χ2v) is 5.29. The maximum Gasteiger partial charge on any atom is 0.340 e. The number of aromatic carboxylic acids is 1. The van der Waals surface area contributed by atoms with E-state index in [1.54, 1.807) is 43.5 Å². The van der Waals surface area contributed by atoms with Gasteiger partial charge >= 0.3 is 11.9 Å². The third-order valence-corrected chi connectivity index (χ3v) is 3.84. The second kappa shape index (κ2) is 6.41. The molecule has 1 aromatic carbocycles. The van der Waals surface area contributed by atoms with E-state index in [0.29, 0.717) is 21.0 Å². The van der Waals surface area contributed by atoms with Gasteiger partial charge < -0.3 is 9.84 Å². The van der Waals surface area contributed by atoms with Crippen molar-refractivity contribution >= 4 is 23.7 Å². The lowest BCUT2D eigenvalue weighted by atomic mass is 10.1. The number of carboxylic acid groups (broad SMARTS) is 1. The smallest absolute Gasteiger partial charge is 0.340 e. The fourth-order valence-electron chi connectivity index (χ4n) is 1.74. The summed E-state index contributed by atoms with van der Waals surface area (Å²) < 4.78 is 4.71. The highest BCUT2D eigenvalue weighted by atomic mass is 32.2. The molecule has 0 aliphatic rings. The van der Waals surface area contributed by atoms with E-state index in [2.05, 4.69) is 4.98 Å². The minimum absolute atomic E-state index is 0.232. The van der Waals surface area contributed by atoms with Crippen LogP contribution in [0.25, 0.3) is 0 Å². The Hall–Kier alpha value is -2.34. The van der Waals surface area contributed by atoms with Gasteiger partial charge in [0.15, 0.2) is 0 Å². The van der Waals surface area contributed by atoms with Gasteiger partial charge in [-0.25, -0.2) is 14.6 Å². The molecule has 5 nitrogen and oxygen atoms in total. The number of esters is 1. The van der Waals surface area contributed by atoms with Crippen LogP contribution < -0.4 is 0 Å². The average Bonchev–Trinajstić information content (AvgIpc) is 2.48. The molecule has 2 aromatic rings. The summed E-state index contributed by atoms with van der Waals surface area (Å²) in [5, 5.41) is 9.61. The summed E-state index contributed by atoms with van der Waals surface area (Å²) in [6.45, 7) is 1.73. The number of hydrogen-bond donors (Lipinski definition) is 1. The van der Waals surface area contributed by atoms with Crippen LogP contribution in [0.5, 0.6) is 0 Å². The highest BCUT2D eigenvalue weighted by Gasteiger charge is 2.15. The number of pyridine rings is 1. The zero-order valence-electron chi connectivity index (χ0n) is 11.5. The van der Waals surface area contributed by atoms with Crippen molar-refractivity contribution in [2.75, 3.05) is 7.11 Å². The molecule has 0 saturated carbocycles. The molecule has 0 saturated heterocycles. The molecule has 6 heteroatoms. The van der Waals surface area contributed by atoms with Crippen molar-refractivity contribution in [1.82, 2.24) is 4.98 Å². The minimum Gasteiger partial charge on any atom is -0.478 e. The molecule has 2 rings (SSSR count). The quantitative estimate of drug-likeness (QED) is 0.875. The monoisotopic (exact) mass is 303 g/mol. The number of ether oxygens (including phenoxy) is 1. The Morgan fingerprint density at radius 2 is 2.00 bits per heavy atom. The fraction of sp³-hybridized carbons (Fsp3) is 0.133. The Morgan fingerprint density at radius 3 is 2.67 bits per heavy atom. The van der Waals surface area contributed by atoms with Crippen LogP contribution in [-0.4, -0.2) is 29.1 Å². The number of aryl methyl sites for hydroxylation is 1. The Kier molecular flexibility index (Phi) is 4.59. The number of carbonyl (C=O) groups is 2. The van der Waals surface area contributed by atoms with Crippen LogP contribution in [0.15, 0.2) is 46.5 Å². The van der Waals surface area contributed by atoms with Gasteiger partial charge in [-0.05, 0) is 36.8 Å². The van der Waals surface area contributed by atoms with Crippen LogP contribution in [0.2, 0.25) is 0 Å². The van der Waals surface area contributed by atoms with Crippen molar-refractivity contribution in [2.24, 2.45) is 0 Å². The first-order valence-corrected chi connectivity index (χ1v) is 6.89. The molecular weight excluding hydrogens is 290 g/mol. The largest absolute Gasteiger partial charge is 0.478 e. The molecule has 0 amide bonds. The molecule has 108 valence electrons. The molecule has 0 bridgehead atoms. The second-order valence-electron chi connectivity index (χ2n) is 4.23. The number of rotatable bonds is 4. The number of methoxy groups -OCH3 is 1. The molecule has 0 unspecified atom stereocenters. The molecule has 0 radical (unpaired) electrons. The number of benzene rings is 1. The van der Waals surface area contributed by atoms with Gasteiger partial charge in [-0.3, -0.25) is 0 Å². The average molecular weight is 303 g/mol. The van der Waals surface area contributed by atoms with Crippen LogP contribution >= 0.6 is 11.8 Å². The van der Waals surface area contributed by atoms with Crippen molar-refractivity contribution in [3.8, 4) is 0 Å². The van der Waals surface area contributed by atoms with E-state index in [-0.39, 0.29) is 5.56 Å². The van der Waals surface area contributed by atoms with E-state index in [9.17, 15) is 9.59 Å². The highest BCUT2D eigenvalue weighted by molar-refractivity contribution is 7.99. The van der Waals surface area contributed by atoms with E-state index in [1.165, 1.54) is 18.9 Å². The van der Waals surface area contributed by atoms with Gasteiger partial charge in [0.25, 0.3) is 0 Å². The van der Waals surface area contributed by atoms with Crippen LogP contribution in [-0.2, 0) is 4.74 Å². The van der Waals surface area contributed by atoms with Crippen molar-refractivity contribution in [3.05, 3.63) is 53.2 Å². The van der Waals surface area contributed by atoms with Crippen LogP contribution in [0.1, 0.15) is 26.3 Å². The normalized spacial score (nSPS) is 10.2. The van der Waals surface area contributed by atoms with Gasteiger partial charge in [-0.1, -0.05) is 17.8 Å². The topological polar surface area (TPSA) is 76.5 Å². The third-order valence-electron chi connectivity index (χ3n) is 2.83. The molecule has 1 N–H and O–H groups in total. The van der Waals surface area contributed by atoms with Crippen LogP contribution in [0, 0.1) is 6.92 Å².